The fourth-order valence-corrected chi connectivity index (χ4v) is 7.13. The van der Waals surface area contributed by atoms with Crippen molar-refractivity contribution in [2.24, 2.45) is 40.4 Å². The van der Waals surface area contributed by atoms with E-state index in [-0.39, 0.29) is 23.4 Å². The fourth-order valence-electron chi connectivity index (χ4n) is 7.13. The third kappa shape index (κ3) is 2.16. The highest BCUT2D eigenvalue weighted by Gasteiger charge is 2.59. The van der Waals surface area contributed by atoms with Crippen LogP contribution in [0.4, 0.5) is 0 Å². The molecular weight excluding hydrogens is 300 g/mol. The van der Waals surface area contributed by atoms with Gasteiger partial charge in [0.15, 0.2) is 0 Å². The molecule has 0 bridgehead atoms. The van der Waals surface area contributed by atoms with E-state index in [0.717, 1.165) is 32.1 Å². The molecule has 3 fully saturated rings. The Morgan fingerprint density at radius 1 is 1.17 bits per heavy atom. The van der Waals surface area contributed by atoms with Gasteiger partial charge in [-0.05, 0) is 74.0 Å². The first kappa shape index (κ1) is 16.6. The minimum absolute atomic E-state index is 0.0222. The average Bonchev–Trinajstić information content (AvgIpc) is 2.92. The molecule has 0 radical (unpaired) electrons. The normalized spacial score (nSPS) is 53.0. The molecule has 3 heteroatoms. The number of carbonyl (C=O) groups is 1. The van der Waals surface area contributed by atoms with Crippen LogP contribution in [0.1, 0.15) is 58.8 Å². The van der Waals surface area contributed by atoms with E-state index in [4.69, 9.17) is 4.74 Å². The minimum atomic E-state index is -0.0901. The van der Waals surface area contributed by atoms with Crippen LogP contribution < -0.4 is 0 Å². The molecule has 24 heavy (non-hydrogen) atoms. The Bertz CT molecular complexity index is 555. The predicted molar refractivity (Wildman–Crippen MR) is 93.1 cm³/mol. The van der Waals surface area contributed by atoms with Gasteiger partial charge in [-0.1, -0.05) is 26.0 Å². The molecule has 0 aromatic carbocycles. The van der Waals surface area contributed by atoms with Crippen molar-refractivity contribution in [1.82, 2.24) is 0 Å². The van der Waals surface area contributed by atoms with Gasteiger partial charge in [-0.2, -0.15) is 0 Å². The lowest BCUT2D eigenvalue weighted by Crippen LogP contribution is -2.52. The molecule has 0 spiro atoms. The van der Waals surface area contributed by atoms with E-state index in [1.54, 1.807) is 0 Å². The smallest absolute Gasteiger partial charge is 0.309 e. The highest BCUT2D eigenvalue weighted by molar-refractivity contribution is 5.74. The highest BCUT2D eigenvalue weighted by Crippen LogP contribution is 2.65. The summed E-state index contributed by atoms with van der Waals surface area (Å²) in [5.74, 6) is 2.60. The van der Waals surface area contributed by atoms with Crippen molar-refractivity contribution in [1.29, 1.82) is 0 Å². The van der Waals surface area contributed by atoms with Crippen LogP contribution in [-0.2, 0) is 9.53 Å². The van der Waals surface area contributed by atoms with Gasteiger partial charge in [0.2, 0.25) is 0 Å². The zero-order valence-electron chi connectivity index (χ0n) is 15.3. The summed E-state index contributed by atoms with van der Waals surface area (Å²) in [6.07, 6.45) is 12.5. The predicted octanol–water partition coefficient (Wildman–Crippen LogP) is 3.96. The molecule has 3 saturated carbocycles. The summed E-state index contributed by atoms with van der Waals surface area (Å²) < 4.78 is 5.10. The average molecular weight is 332 g/mol. The van der Waals surface area contributed by atoms with Gasteiger partial charge in [0, 0.05) is 5.41 Å². The molecular formula is C21H32O3. The van der Waals surface area contributed by atoms with E-state index in [2.05, 4.69) is 26.0 Å². The van der Waals surface area contributed by atoms with Crippen molar-refractivity contribution in [3.05, 3.63) is 12.2 Å². The van der Waals surface area contributed by atoms with Gasteiger partial charge in [-0.25, -0.2) is 0 Å². The summed E-state index contributed by atoms with van der Waals surface area (Å²) in [5, 5.41) is 10.1. The van der Waals surface area contributed by atoms with Crippen molar-refractivity contribution in [2.45, 2.75) is 64.9 Å². The number of fused-ring (bicyclic) bond motifs is 5. The number of esters is 1. The van der Waals surface area contributed by atoms with Gasteiger partial charge in [0.05, 0.1) is 19.1 Å². The van der Waals surface area contributed by atoms with Gasteiger partial charge in [-0.15, -0.1) is 0 Å². The van der Waals surface area contributed by atoms with E-state index >= 15 is 0 Å². The van der Waals surface area contributed by atoms with E-state index in [0.29, 0.717) is 29.1 Å². The van der Waals surface area contributed by atoms with Crippen LogP contribution in [0.15, 0.2) is 12.2 Å². The summed E-state index contributed by atoms with van der Waals surface area (Å²) in [6.45, 7) is 4.76. The first-order valence-electron chi connectivity index (χ1n) is 9.85. The number of hydrogen-bond donors (Lipinski definition) is 1. The maximum Gasteiger partial charge on any atom is 0.309 e. The molecule has 1 N–H and O–H groups in total. The van der Waals surface area contributed by atoms with Crippen molar-refractivity contribution >= 4 is 5.97 Å². The molecule has 0 aromatic heterocycles. The van der Waals surface area contributed by atoms with Crippen molar-refractivity contribution in [2.75, 3.05) is 7.11 Å². The molecule has 4 aliphatic carbocycles. The lowest BCUT2D eigenvalue weighted by Gasteiger charge is -2.58. The Labute approximate surface area is 145 Å². The number of methoxy groups -OCH3 is 1. The molecule has 0 aliphatic heterocycles. The zero-order valence-corrected chi connectivity index (χ0v) is 15.3. The summed E-state index contributed by atoms with van der Waals surface area (Å²) in [4.78, 5) is 12.3. The van der Waals surface area contributed by atoms with Gasteiger partial charge in [-0.3, -0.25) is 4.79 Å². The molecule has 8 atom stereocenters. The maximum absolute atomic E-state index is 12.3. The third-order valence-electron chi connectivity index (χ3n) is 8.56. The third-order valence-corrected chi connectivity index (χ3v) is 8.56. The van der Waals surface area contributed by atoms with E-state index < -0.39 is 0 Å². The van der Waals surface area contributed by atoms with Crippen molar-refractivity contribution in [3.63, 3.8) is 0 Å². The number of carbonyl (C=O) groups excluding carboxylic acids is 1. The van der Waals surface area contributed by atoms with Crippen LogP contribution in [0.25, 0.3) is 0 Å². The second-order valence-corrected chi connectivity index (χ2v) is 9.38. The van der Waals surface area contributed by atoms with Gasteiger partial charge in [0.1, 0.15) is 0 Å². The van der Waals surface area contributed by atoms with Crippen LogP contribution in [0.2, 0.25) is 0 Å². The Hall–Kier alpha value is -0.830. The van der Waals surface area contributed by atoms with E-state index in [9.17, 15) is 9.90 Å². The number of ether oxygens (including phenoxy) is 1. The summed E-state index contributed by atoms with van der Waals surface area (Å²) in [6, 6.07) is 0. The van der Waals surface area contributed by atoms with Gasteiger partial charge >= 0.3 is 5.97 Å². The highest BCUT2D eigenvalue weighted by atomic mass is 16.5. The Morgan fingerprint density at radius 2 is 1.96 bits per heavy atom. The number of hydrogen-bond acceptors (Lipinski definition) is 3. The lowest BCUT2D eigenvalue weighted by molar-refractivity contribution is -0.149. The molecule has 0 amide bonds. The quantitative estimate of drug-likeness (QED) is 0.584. The Balaban J connectivity index is 1.66. The summed E-state index contributed by atoms with van der Waals surface area (Å²) in [5.41, 5.74) is 0.314. The topological polar surface area (TPSA) is 46.5 Å². The number of rotatable bonds is 1. The first-order valence-corrected chi connectivity index (χ1v) is 9.85. The fraction of sp³-hybridized carbons (Fsp3) is 0.857. The molecule has 0 aromatic rings. The zero-order chi connectivity index (χ0) is 17.1. The Morgan fingerprint density at radius 3 is 2.71 bits per heavy atom. The van der Waals surface area contributed by atoms with Crippen molar-refractivity contribution in [3.8, 4) is 0 Å². The number of aliphatic hydroxyl groups is 1. The van der Waals surface area contributed by atoms with Crippen LogP contribution >= 0.6 is 0 Å². The van der Waals surface area contributed by atoms with E-state index in [1.165, 1.54) is 20.0 Å². The van der Waals surface area contributed by atoms with Gasteiger partial charge in [0.25, 0.3) is 0 Å². The molecule has 0 saturated heterocycles. The minimum Gasteiger partial charge on any atom is -0.469 e. The molecule has 3 nitrogen and oxygen atoms in total. The molecule has 134 valence electrons. The first-order chi connectivity index (χ1) is 11.4. The van der Waals surface area contributed by atoms with E-state index in [1.807, 2.05) is 0 Å². The van der Waals surface area contributed by atoms with Crippen LogP contribution in [0.5, 0.6) is 0 Å². The van der Waals surface area contributed by atoms with Crippen LogP contribution in [0.3, 0.4) is 0 Å². The Kier molecular flexibility index (Phi) is 3.87. The van der Waals surface area contributed by atoms with Crippen molar-refractivity contribution < 1.29 is 14.6 Å². The molecule has 0 heterocycles. The van der Waals surface area contributed by atoms with Gasteiger partial charge < -0.3 is 9.84 Å². The SMILES string of the molecule is COC(=O)[C@@H]1CC[C@@H]2[C@H]3CC[C@H]4C[C@@H](O)CC[C@]4(C)[C@@H]3C=C[C@]21C. The lowest BCUT2D eigenvalue weighted by atomic mass is 9.47. The number of aliphatic hydroxyl groups excluding tert-OH is 1. The monoisotopic (exact) mass is 332 g/mol. The summed E-state index contributed by atoms with van der Waals surface area (Å²) in [7, 11) is 1.52. The molecule has 0 unspecified atom stereocenters. The maximum atomic E-state index is 12.3. The molecule has 4 aliphatic rings. The molecule has 4 rings (SSSR count). The second-order valence-electron chi connectivity index (χ2n) is 9.38. The number of allylic oxidation sites excluding steroid dienone is 2. The van der Waals surface area contributed by atoms with Crippen LogP contribution in [-0.4, -0.2) is 24.3 Å². The summed E-state index contributed by atoms with van der Waals surface area (Å²) >= 11 is 0. The second kappa shape index (κ2) is 5.59. The standard InChI is InChI=1S/C21H32O3/c1-20-10-8-14(22)12-13(20)4-5-15-16-6-7-18(19(23)24-3)21(16,2)11-9-17(15)20/h9,11,13-18,22H,4-8,10,12H2,1-3H3/t13-,14-,15+,16+,17+,18-,20-,21+/m0/s1. The van der Waals surface area contributed by atoms with Crippen LogP contribution in [0, 0.1) is 40.4 Å². The largest absolute Gasteiger partial charge is 0.469 e.